The summed E-state index contributed by atoms with van der Waals surface area (Å²) in [6.45, 7) is 7.71. The van der Waals surface area contributed by atoms with Gasteiger partial charge in [0, 0.05) is 12.7 Å². The summed E-state index contributed by atoms with van der Waals surface area (Å²) >= 11 is 0. The number of carbonyl (C=O) groups is 1. The number of aromatic nitrogens is 4. The lowest BCUT2D eigenvalue weighted by Crippen LogP contribution is -2.27. The van der Waals surface area contributed by atoms with E-state index in [4.69, 9.17) is 17.0 Å². The lowest BCUT2D eigenvalue weighted by Gasteiger charge is -2.14. The van der Waals surface area contributed by atoms with Gasteiger partial charge in [0.25, 0.3) is 5.82 Å². The number of benzene rings is 1. The van der Waals surface area contributed by atoms with Crippen molar-refractivity contribution < 1.29 is 13.9 Å². The molecular weight excluding hydrogens is 391 g/mol. The van der Waals surface area contributed by atoms with Crippen LogP contribution in [0.3, 0.4) is 0 Å². The fourth-order valence-electron chi connectivity index (χ4n) is 2.98. The van der Waals surface area contributed by atoms with E-state index in [1.807, 2.05) is 0 Å². The van der Waals surface area contributed by atoms with Crippen molar-refractivity contribution in [2.45, 2.75) is 12.6 Å². The Bertz CT molecular complexity index is 1110. The van der Waals surface area contributed by atoms with E-state index in [-0.39, 0.29) is 18.9 Å². The average Bonchev–Trinajstić information content (AvgIpc) is 3.39. The van der Waals surface area contributed by atoms with Gasteiger partial charge in [-0.25, -0.2) is 14.2 Å². The molecule has 1 saturated heterocycles. The number of rotatable bonds is 6. The number of nitrogens with one attached hydrogen (secondary N) is 1. The molecule has 3 N–H and O–H groups in total. The topological polar surface area (TPSA) is 116 Å². The molecule has 0 aliphatic carbocycles. The Labute approximate surface area is 170 Å². The van der Waals surface area contributed by atoms with E-state index in [0.717, 1.165) is 0 Å². The zero-order valence-corrected chi connectivity index (χ0v) is 15.7. The summed E-state index contributed by atoms with van der Waals surface area (Å²) in [6, 6.07) is 7.70. The highest BCUT2D eigenvalue weighted by atomic mass is 19.1. The van der Waals surface area contributed by atoms with Crippen molar-refractivity contribution in [3.63, 3.8) is 0 Å². The first-order chi connectivity index (χ1) is 14.6. The second kappa shape index (κ2) is 8.14. The number of carbonyl (C=O) groups excluding carboxylic acids is 1. The minimum atomic E-state index is -0.541. The quantitative estimate of drug-likeness (QED) is 0.601. The van der Waals surface area contributed by atoms with Crippen molar-refractivity contribution in [3.8, 4) is 5.69 Å². The molecule has 1 amide bonds. The Balaban J connectivity index is 1.45. The van der Waals surface area contributed by atoms with Crippen molar-refractivity contribution in [3.05, 3.63) is 65.8 Å². The van der Waals surface area contributed by atoms with Gasteiger partial charge in [-0.1, -0.05) is 6.57 Å². The summed E-state index contributed by atoms with van der Waals surface area (Å²) in [5.41, 5.74) is 6.88. The molecule has 3 aromatic rings. The van der Waals surface area contributed by atoms with Crippen LogP contribution in [0.25, 0.3) is 10.5 Å². The highest BCUT2D eigenvalue weighted by Crippen LogP contribution is 2.25. The van der Waals surface area contributed by atoms with E-state index in [0.29, 0.717) is 29.4 Å². The fourth-order valence-corrected chi connectivity index (χ4v) is 2.98. The molecule has 3 heterocycles. The van der Waals surface area contributed by atoms with Crippen molar-refractivity contribution in [1.29, 1.82) is 0 Å². The van der Waals surface area contributed by atoms with E-state index >= 15 is 0 Å². The second-order valence-corrected chi connectivity index (χ2v) is 6.50. The molecule has 1 aliphatic heterocycles. The number of amides is 1. The monoisotopic (exact) mass is 408 g/mol. The first-order valence-electron chi connectivity index (χ1n) is 9.03. The van der Waals surface area contributed by atoms with Crippen molar-refractivity contribution in [1.82, 2.24) is 19.7 Å². The molecule has 11 heteroatoms. The Morgan fingerprint density at radius 3 is 2.87 bits per heavy atom. The Morgan fingerprint density at radius 2 is 2.20 bits per heavy atom. The van der Waals surface area contributed by atoms with Gasteiger partial charge < -0.3 is 25.2 Å². The van der Waals surface area contributed by atoms with E-state index in [9.17, 15) is 9.18 Å². The van der Waals surface area contributed by atoms with Crippen LogP contribution in [0.15, 0.2) is 42.9 Å². The number of anilines is 2. The van der Waals surface area contributed by atoms with Crippen LogP contribution < -0.4 is 16.0 Å². The third-order valence-electron chi connectivity index (χ3n) is 4.51. The Hall–Kier alpha value is -4.04. The van der Waals surface area contributed by atoms with Crippen LogP contribution in [0.2, 0.25) is 0 Å². The van der Waals surface area contributed by atoms with Gasteiger partial charge in [0.15, 0.2) is 5.82 Å². The van der Waals surface area contributed by atoms with Gasteiger partial charge in [-0.2, -0.15) is 0 Å². The van der Waals surface area contributed by atoms with E-state index in [1.165, 1.54) is 17.3 Å². The lowest BCUT2D eigenvalue weighted by molar-refractivity contribution is 0.145. The van der Waals surface area contributed by atoms with Crippen molar-refractivity contribution in [2.24, 2.45) is 5.73 Å². The van der Waals surface area contributed by atoms with Crippen LogP contribution in [0, 0.1) is 12.4 Å². The van der Waals surface area contributed by atoms with Crippen molar-refractivity contribution in [2.75, 3.05) is 23.3 Å². The lowest BCUT2D eigenvalue weighted by atomic mass is 10.2. The third-order valence-corrected chi connectivity index (χ3v) is 4.51. The summed E-state index contributed by atoms with van der Waals surface area (Å²) in [6.07, 6.45) is 2.24. The van der Waals surface area contributed by atoms with Crippen LogP contribution in [-0.4, -0.2) is 45.0 Å². The number of nitrogens with zero attached hydrogens (tertiary/aromatic N) is 6. The van der Waals surface area contributed by atoms with Gasteiger partial charge in [0.2, 0.25) is 0 Å². The number of hydrogen-bond donors (Lipinski definition) is 2. The molecule has 0 saturated carbocycles. The maximum Gasteiger partial charge on any atom is 0.414 e. The molecule has 0 unspecified atom stereocenters. The van der Waals surface area contributed by atoms with Crippen LogP contribution in [-0.2, 0) is 11.3 Å². The first kappa shape index (κ1) is 19.3. The van der Waals surface area contributed by atoms with Gasteiger partial charge in [-0.05, 0) is 40.5 Å². The molecule has 0 spiro atoms. The molecule has 2 aromatic heterocycles. The summed E-state index contributed by atoms with van der Waals surface area (Å²) in [5.74, 6) is 0.208. The zero-order chi connectivity index (χ0) is 21.1. The van der Waals surface area contributed by atoms with Crippen molar-refractivity contribution >= 4 is 23.4 Å². The maximum atomic E-state index is 14.7. The van der Waals surface area contributed by atoms with Crippen LogP contribution in [0.1, 0.15) is 5.69 Å². The van der Waals surface area contributed by atoms with Crippen LogP contribution in [0.5, 0.6) is 0 Å². The summed E-state index contributed by atoms with van der Waals surface area (Å²) in [4.78, 5) is 20.7. The Morgan fingerprint density at radius 1 is 1.33 bits per heavy atom. The van der Waals surface area contributed by atoms with Crippen LogP contribution >= 0.6 is 0 Å². The number of ether oxygens (including phenoxy) is 1. The normalized spacial score (nSPS) is 15.7. The standard InChI is InChI=1S/C19H17FN8O2/c1-22-17-4-5-18(26-25-17)23-8-12-9-27(11-24-12)16-3-2-13(6-15(16)20)28-10-14(7-21)30-19(28)29/h2-6,9,11,14H,7-8,10,21H2,(H,23,26)/t14-/m0/s1. The minimum absolute atomic E-state index is 0.212. The van der Waals surface area contributed by atoms with E-state index in [2.05, 4.69) is 25.3 Å². The molecule has 1 aliphatic rings. The molecule has 152 valence electrons. The number of nitrogens with two attached hydrogens (primary N) is 1. The third kappa shape index (κ3) is 3.89. The Kier molecular flexibility index (Phi) is 5.23. The molecule has 1 aromatic carbocycles. The summed E-state index contributed by atoms with van der Waals surface area (Å²) in [7, 11) is 0. The summed E-state index contributed by atoms with van der Waals surface area (Å²) < 4.78 is 21.4. The number of cyclic esters (lactones) is 1. The molecule has 30 heavy (non-hydrogen) atoms. The van der Waals surface area contributed by atoms with Gasteiger partial charge in [-0.3, -0.25) is 4.90 Å². The predicted molar refractivity (Wildman–Crippen MR) is 106 cm³/mol. The number of imidazole rings is 1. The molecule has 1 fully saturated rings. The number of hydrogen-bond acceptors (Lipinski definition) is 7. The van der Waals surface area contributed by atoms with Gasteiger partial charge in [0.1, 0.15) is 11.9 Å². The van der Waals surface area contributed by atoms with Gasteiger partial charge in [-0.15, -0.1) is 0 Å². The zero-order valence-electron chi connectivity index (χ0n) is 15.7. The van der Waals surface area contributed by atoms with Gasteiger partial charge >= 0.3 is 6.09 Å². The second-order valence-electron chi connectivity index (χ2n) is 6.50. The minimum Gasteiger partial charge on any atom is -0.443 e. The molecule has 0 radical (unpaired) electrons. The molecule has 4 rings (SSSR count). The van der Waals surface area contributed by atoms with Gasteiger partial charge in [0.05, 0.1) is 36.5 Å². The van der Waals surface area contributed by atoms with Crippen LogP contribution in [0.4, 0.5) is 26.5 Å². The molecular formula is C19H17FN8O2. The fraction of sp³-hybridized carbons (Fsp3) is 0.211. The smallest absolute Gasteiger partial charge is 0.414 e. The molecule has 10 nitrogen and oxygen atoms in total. The highest BCUT2D eigenvalue weighted by molar-refractivity contribution is 5.89. The summed E-state index contributed by atoms with van der Waals surface area (Å²) in [5, 5.41) is 10.7. The number of halogens is 1. The predicted octanol–water partition coefficient (Wildman–Crippen LogP) is 2.25. The molecule has 0 bridgehead atoms. The average molecular weight is 408 g/mol. The first-order valence-corrected chi connectivity index (χ1v) is 9.03. The van der Waals surface area contributed by atoms with E-state index in [1.54, 1.807) is 35.0 Å². The van der Waals surface area contributed by atoms with E-state index < -0.39 is 18.0 Å². The highest BCUT2D eigenvalue weighted by Gasteiger charge is 2.31. The largest absolute Gasteiger partial charge is 0.443 e. The molecule has 1 atom stereocenters. The maximum absolute atomic E-state index is 14.7. The SMILES string of the molecule is [C-]#[N+]c1ccc(NCc2cn(-c3ccc(N4C[C@H](CN)OC4=O)cc3F)cn2)nn1.